The predicted octanol–water partition coefficient (Wildman–Crippen LogP) is 3.52. The largest absolute Gasteiger partial charge is 0.327 e. The van der Waals surface area contributed by atoms with Crippen molar-refractivity contribution in [3.8, 4) is 0 Å². The molecule has 5 nitrogen and oxygen atoms in total. The lowest BCUT2D eigenvalue weighted by Gasteiger charge is -2.29. The number of aromatic nitrogens is 2. The topological polar surface area (TPSA) is 50.2 Å². The maximum absolute atomic E-state index is 13.4. The molecular formula is C21H27ClN4O. The lowest BCUT2D eigenvalue weighted by atomic mass is 10.1. The van der Waals surface area contributed by atoms with Crippen molar-refractivity contribution in [2.75, 3.05) is 13.1 Å². The summed E-state index contributed by atoms with van der Waals surface area (Å²) < 4.78 is 1.99. The van der Waals surface area contributed by atoms with Gasteiger partial charge in [0.25, 0.3) is 5.91 Å². The molecule has 0 bridgehead atoms. The van der Waals surface area contributed by atoms with Crippen molar-refractivity contribution in [3.63, 3.8) is 0 Å². The van der Waals surface area contributed by atoms with Crippen LogP contribution in [0.1, 0.15) is 65.8 Å². The molecule has 1 amide bonds. The highest BCUT2D eigenvalue weighted by molar-refractivity contribution is 5.93. The van der Waals surface area contributed by atoms with Crippen LogP contribution in [0, 0.1) is 0 Å². The Morgan fingerprint density at radius 1 is 1.15 bits per heavy atom. The van der Waals surface area contributed by atoms with E-state index in [1.54, 1.807) is 0 Å². The van der Waals surface area contributed by atoms with Crippen LogP contribution < -0.4 is 5.32 Å². The fraction of sp³-hybridized carbons (Fsp3) is 0.524. The van der Waals surface area contributed by atoms with E-state index < -0.39 is 0 Å². The van der Waals surface area contributed by atoms with Crippen LogP contribution in [0.5, 0.6) is 0 Å². The Morgan fingerprint density at radius 3 is 2.78 bits per heavy atom. The van der Waals surface area contributed by atoms with Gasteiger partial charge in [0.15, 0.2) is 0 Å². The number of piperidine rings is 1. The highest BCUT2D eigenvalue weighted by atomic mass is 35.5. The number of amides is 1. The third kappa shape index (κ3) is 3.50. The van der Waals surface area contributed by atoms with E-state index in [1.807, 2.05) is 16.9 Å². The van der Waals surface area contributed by atoms with E-state index in [9.17, 15) is 4.79 Å². The monoisotopic (exact) mass is 386 g/mol. The average Bonchev–Trinajstić information content (AvgIpc) is 3.24. The second-order valence-corrected chi connectivity index (χ2v) is 7.88. The maximum atomic E-state index is 13.4. The lowest BCUT2D eigenvalue weighted by molar-refractivity contribution is 0.0650. The Balaban J connectivity index is 0.00000180. The number of halogens is 1. The van der Waals surface area contributed by atoms with Gasteiger partial charge in [0, 0.05) is 18.8 Å². The molecule has 2 heterocycles. The maximum Gasteiger partial charge on any atom is 0.275 e. The summed E-state index contributed by atoms with van der Waals surface area (Å²) in [5.41, 5.74) is 3.34. The second kappa shape index (κ2) is 7.64. The molecule has 2 unspecified atom stereocenters. The molecule has 2 fully saturated rings. The molecule has 1 saturated carbocycles. The first-order chi connectivity index (χ1) is 12.8. The van der Waals surface area contributed by atoms with Crippen molar-refractivity contribution >= 4 is 18.3 Å². The van der Waals surface area contributed by atoms with Crippen molar-refractivity contribution in [3.05, 3.63) is 53.3 Å². The number of carbonyl (C=O) groups is 1. The Kier molecular flexibility index (Phi) is 5.24. The summed E-state index contributed by atoms with van der Waals surface area (Å²) in [6.07, 6.45) is 8.63. The van der Waals surface area contributed by atoms with Gasteiger partial charge in [-0.2, -0.15) is 5.10 Å². The third-order valence-electron chi connectivity index (χ3n) is 6.08. The zero-order chi connectivity index (χ0) is 17.5. The van der Waals surface area contributed by atoms with Gasteiger partial charge in [-0.25, -0.2) is 0 Å². The molecule has 6 heteroatoms. The van der Waals surface area contributed by atoms with Gasteiger partial charge in [0.05, 0.1) is 12.1 Å². The number of hydrogen-bond acceptors (Lipinski definition) is 3. The molecule has 27 heavy (non-hydrogen) atoms. The van der Waals surface area contributed by atoms with Gasteiger partial charge in [-0.3, -0.25) is 9.48 Å². The minimum absolute atomic E-state index is 0. The van der Waals surface area contributed by atoms with Crippen molar-refractivity contribution in [1.82, 2.24) is 20.0 Å². The van der Waals surface area contributed by atoms with Crippen LogP contribution in [0.15, 0.2) is 36.5 Å². The predicted molar refractivity (Wildman–Crippen MR) is 107 cm³/mol. The van der Waals surface area contributed by atoms with Crippen LogP contribution in [0.4, 0.5) is 0 Å². The van der Waals surface area contributed by atoms with Crippen molar-refractivity contribution in [2.45, 2.75) is 56.7 Å². The van der Waals surface area contributed by atoms with E-state index in [0.29, 0.717) is 17.8 Å². The summed E-state index contributed by atoms with van der Waals surface area (Å²) in [4.78, 5) is 15.5. The number of benzene rings is 1. The van der Waals surface area contributed by atoms with Crippen LogP contribution >= 0.6 is 12.4 Å². The zero-order valence-electron chi connectivity index (χ0n) is 15.5. The van der Waals surface area contributed by atoms with Gasteiger partial charge >= 0.3 is 0 Å². The zero-order valence-corrected chi connectivity index (χ0v) is 16.3. The standard InChI is InChI=1S/C21H26N4O.ClH/c26-21(19-11-13-24(23-19)17-5-3-12-22-14-17)25(16-8-9-16)20-10-7-15-4-1-2-6-18(15)20;/h1-2,4,6,11,13,16-17,20,22H,3,5,7-10,12,14H2;1H. The van der Waals surface area contributed by atoms with Crippen LogP contribution in [-0.2, 0) is 6.42 Å². The number of aryl methyl sites for hydroxylation is 1. The molecule has 1 aromatic carbocycles. The van der Waals surface area contributed by atoms with Gasteiger partial charge < -0.3 is 10.2 Å². The minimum atomic E-state index is 0. The SMILES string of the molecule is Cl.O=C(c1ccn(C2CCCNC2)n1)N(C1CC1)C1CCc2ccccc21. The number of carbonyl (C=O) groups excluding carboxylic acids is 1. The number of nitrogens with zero attached hydrogens (tertiary/aromatic N) is 3. The Labute approximate surface area is 166 Å². The molecule has 5 rings (SSSR count). The molecule has 0 spiro atoms. The molecule has 3 aliphatic rings. The fourth-order valence-electron chi connectivity index (χ4n) is 4.59. The molecule has 144 valence electrons. The Morgan fingerprint density at radius 2 is 2.00 bits per heavy atom. The smallest absolute Gasteiger partial charge is 0.275 e. The quantitative estimate of drug-likeness (QED) is 0.874. The Hall–Kier alpha value is -1.85. The molecule has 0 radical (unpaired) electrons. The van der Waals surface area contributed by atoms with Crippen LogP contribution in [-0.4, -0.2) is 39.7 Å². The van der Waals surface area contributed by atoms with Crippen LogP contribution in [0.25, 0.3) is 0 Å². The average molecular weight is 387 g/mol. The van der Waals surface area contributed by atoms with E-state index in [1.165, 1.54) is 17.5 Å². The lowest BCUT2D eigenvalue weighted by Crippen LogP contribution is -2.36. The highest BCUT2D eigenvalue weighted by Gasteiger charge is 2.41. The van der Waals surface area contributed by atoms with Gasteiger partial charge in [-0.15, -0.1) is 12.4 Å². The van der Waals surface area contributed by atoms with Gasteiger partial charge in [-0.1, -0.05) is 24.3 Å². The molecule has 2 aromatic rings. The molecule has 2 aliphatic carbocycles. The highest BCUT2D eigenvalue weighted by Crippen LogP contribution is 2.42. The van der Waals surface area contributed by atoms with Gasteiger partial charge in [-0.05, 0) is 62.3 Å². The molecule has 1 saturated heterocycles. The molecule has 1 aliphatic heterocycles. The summed E-state index contributed by atoms with van der Waals surface area (Å²) in [6, 6.07) is 11.5. The second-order valence-electron chi connectivity index (χ2n) is 7.88. The van der Waals surface area contributed by atoms with E-state index in [0.717, 1.165) is 45.2 Å². The molecular weight excluding hydrogens is 360 g/mol. The van der Waals surface area contributed by atoms with E-state index >= 15 is 0 Å². The minimum Gasteiger partial charge on any atom is -0.327 e. The molecule has 1 aromatic heterocycles. The number of rotatable bonds is 4. The van der Waals surface area contributed by atoms with Crippen molar-refractivity contribution < 1.29 is 4.79 Å². The first-order valence-corrected chi connectivity index (χ1v) is 9.97. The third-order valence-corrected chi connectivity index (χ3v) is 6.08. The molecule has 2 atom stereocenters. The van der Waals surface area contributed by atoms with Gasteiger partial charge in [0.1, 0.15) is 5.69 Å². The summed E-state index contributed by atoms with van der Waals surface area (Å²) in [5.74, 6) is 0.108. The van der Waals surface area contributed by atoms with Gasteiger partial charge in [0.2, 0.25) is 0 Å². The summed E-state index contributed by atoms with van der Waals surface area (Å²) in [5, 5.41) is 8.10. The first-order valence-electron chi connectivity index (χ1n) is 9.97. The van der Waals surface area contributed by atoms with Crippen LogP contribution in [0.3, 0.4) is 0 Å². The summed E-state index contributed by atoms with van der Waals surface area (Å²) in [6.45, 7) is 2.03. The van der Waals surface area contributed by atoms with Crippen molar-refractivity contribution in [2.24, 2.45) is 0 Å². The van der Waals surface area contributed by atoms with E-state index in [4.69, 9.17) is 0 Å². The first kappa shape index (κ1) is 18.5. The van der Waals surface area contributed by atoms with E-state index in [-0.39, 0.29) is 24.4 Å². The Bertz CT molecular complexity index is 810. The summed E-state index contributed by atoms with van der Waals surface area (Å²) in [7, 11) is 0. The summed E-state index contributed by atoms with van der Waals surface area (Å²) >= 11 is 0. The van der Waals surface area contributed by atoms with Crippen molar-refractivity contribution in [1.29, 1.82) is 0 Å². The fourth-order valence-corrected chi connectivity index (χ4v) is 4.59. The van der Waals surface area contributed by atoms with E-state index in [2.05, 4.69) is 39.6 Å². The number of fused-ring (bicyclic) bond motifs is 1. The van der Waals surface area contributed by atoms with Crippen LogP contribution in [0.2, 0.25) is 0 Å². The molecule has 1 N–H and O–H groups in total. The normalized spacial score (nSPS) is 24.1. The number of hydrogen-bond donors (Lipinski definition) is 1. The number of nitrogens with one attached hydrogen (secondary N) is 1.